The van der Waals surface area contributed by atoms with Gasteiger partial charge in [0.15, 0.2) is 0 Å². The molecule has 0 fully saturated rings. The number of hydrogen-bond donors (Lipinski definition) is 0. The summed E-state index contributed by atoms with van der Waals surface area (Å²) in [5.41, 5.74) is 0. The van der Waals surface area contributed by atoms with E-state index in [2.05, 4.69) is 26.7 Å². The minimum Gasteiger partial charge on any atom is -0.469 e. The Morgan fingerprint density at radius 3 is 2.93 bits per heavy atom. The fraction of sp³-hybridized carbons (Fsp3) is 0.500. The van der Waals surface area contributed by atoms with Crippen LogP contribution in [0.15, 0.2) is 15.9 Å². The predicted octanol–water partition coefficient (Wildman–Crippen LogP) is 3.55. The summed E-state index contributed by atoms with van der Waals surface area (Å²) in [6, 6.07) is 4.15. The van der Waals surface area contributed by atoms with Crippen LogP contribution in [-0.4, -0.2) is 18.8 Å². The summed E-state index contributed by atoms with van der Waals surface area (Å²) in [5, 5.41) is 0. The van der Waals surface area contributed by atoms with E-state index in [0.29, 0.717) is 0 Å². The smallest absolute Gasteiger partial charge is 0.309 e. The number of thiophene rings is 1. The molecule has 15 heavy (non-hydrogen) atoms. The maximum absolute atomic E-state index is 11.1. The van der Waals surface area contributed by atoms with Gasteiger partial charge < -0.3 is 4.74 Å². The molecule has 0 aliphatic heterocycles. The molecule has 1 aromatic heterocycles. The zero-order valence-electron chi connectivity index (χ0n) is 8.66. The first-order valence-electron chi connectivity index (χ1n) is 4.53. The maximum atomic E-state index is 11.1. The van der Waals surface area contributed by atoms with Crippen molar-refractivity contribution in [1.82, 2.24) is 0 Å². The van der Waals surface area contributed by atoms with Gasteiger partial charge in [-0.15, -0.1) is 11.3 Å². The van der Waals surface area contributed by atoms with Crippen LogP contribution in [0.4, 0.5) is 0 Å². The first kappa shape index (κ1) is 13.1. The first-order chi connectivity index (χ1) is 7.13. The van der Waals surface area contributed by atoms with Gasteiger partial charge in [0.2, 0.25) is 0 Å². The van der Waals surface area contributed by atoms with Crippen LogP contribution in [0.1, 0.15) is 11.8 Å². The molecule has 0 N–H and O–H groups in total. The minimum absolute atomic E-state index is 0.0246. The summed E-state index contributed by atoms with van der Waals surface area (Å²) in [6.45, 7) is 1.89. The monoisotopic (exact) mass is 308 g/mol. The molecule has 5 heteroatoms. The molecule has 84 valence electrons. The van der Waals surface area contributed by atoms with Gasteiger partial charge >= 0.3 is 5.97 Å². The lowest BCUT2D eigenvalue weighted by molar-refractivity contribution is -0.143. The summed E-state index contributed by atoms with van der Waals surface area (Å²) in [5.74, 6) is 1.61. The number of carbonyl (C=O) groups excluding carboxylic acids is 1. The molecule has 2 nitrogen and oxygen atoms in total. The molecule has 0 saturated heterocycles. The molecule has 0 spiro atoms. The Kier molecular flexibility index (Phi) is 5.71. The molecule has 1 unspecified atom stereocenters. The number of carbonyl (C=O) groups is 1. The highest BCUT2D eigenvalue weighted by molar-refractivity contribution is 9.11. The number of hydrogen-bond acceptors (Lipinski definition) is 4. The van der Waals surface area contributed by atoms with Crippen molar-refractivity contribution in [3.05, 3.63) is 20.8 Å². The van der Waals surface area contributed by atoms with Crippen LogP contribution in [0, 0.1) is 5.92 Å². The number of ether oxygens (including phenoxy) is 1. The van der Waals surface area contributed by atoms with Crippen molar-refractivity contribution in [1.29, 1.82) is 0 Å². The lowest BCUT2D eigenvalue weighted by Gasteiger charge is -2.07. The van der Waals surface area contributed by atoms with E-state index in [-0.39, 0.29) is 11.9 Å². The quantitative estimate of drug-likeness (QED) is 0.778. The predicted molar refractivity (Wildman–Crippen MR) is 69.4 cm³/mol. The van der Waals surface area contributed by atoms with Crippen LogP contribution in [-0.2, 0) is 15.3 Å². The van der Waals surface area contributed by atoms with Gasteiger partial charge in [-0.2, -0.15) is 11.8 Å². The summed E-state index contributed by atoms with van der Waals surface area (Å²) < 4.78 is 5.81. The lowest BCUT2D eigenvalue weighted by Crippen LogP contribution is -2.14. The van der Waals surface area contributed by atoms with E-state index in [9.17, 15) is 4.79 Å². The largest absolute Gasteiger partial charge is 0.469 e. The van der Waals surface area contributed by atoms with E-state index < -0.39 is 0 Å². The molecule has 1 aromatic rings. The number of rotatable bonds is 5. The molecule has 0 aromatic carbocycles. The molecule has 0 radical (unpaired) electrons. The van der Waals surface area contributed by atoms with Crippen LogP contribution < -0.4 is 0 Å². The number of thioether (sulfide) groups is 1. The number of methoxy groups -OCH3 is 1. The van der Waals surface area contributed by atoms with Gasteiger partial charge in [0.1, 0.15) is 0 Å². The van der Waals surface area contributed by atoms with Gasteiger partial charge in [-0.1, -0.05) is 6.92 Å². The van der Waals surface area contributed by atoms with Gasteiger partial charge in [0, 0.05) is 16.4 Å². The molecule has 0 bridgehead atoms. The minimum atomic E-state index is -0.130. The highest BCUT2D eigenvalue weighted by Gasteiger charge is 2.12. The molecule has 1 rings (SSSR count). The Morgan fingerprint density at radius 2 is 2.40 bits per heavy atom. The molecule has 0 saturated carbocycles. The second kappa shape index (κ2) is 6.55. The zero-order valence-corrected chi connectivity index (χ0v) is 11.9. The lowest BCUT2D eigenvalue weighted by atomic mass is 10.2. The zero-order chi connectivity index (χ0) is 11.3. The van der Waals surface area contributed by atoms with Crippen molar-refractivity contribution in [2.75, 3.05) is 12.9 Å². The standard InChI is InChI=1S/C10H13BrO2S2/c1-7(10(12)13-2)5-14-6-8-3-4-9(11)15-8/h3-4,7H,5-6H2,1-2H3. The molecular formula is C10H13BrO2S2. The topological polar surface area (TPSA) is 26.3 Å². The third-order valence-corrected chi connectivity index (χ3v) is 4.90. The summed E-state index contributed by atoms with van der Waals surface area (Å²) in [7, 11) is 1.43. The van der Waals surface area contributed by atoms with E-state index in [0.717, 1.165) is 15.3 Å². The second-order valence-corrected chi connectivity index (χ2v) is 6.72. The molecular weight excluding hydrogens is 296 g/mol. The summed E-state index contributed by atoms with van der Waals surface area (Å²) in [4.78, 5) is 12.4. The van der Waals surface area contributed by atoms with Gasteiger partial charge in [0.25, 0.3) is 0 Å². The molecule has 0 aliphatic carbocycles. The fourth-order valence-electron chi connectivity index (χ4n) is 1.03. The number of halogens is 1. The summed E-state index contributed by atoms with van der Waals surface area (Å²) in [6.07, 6.45) is 0. The third kappa shape index (κ3) is 4.57. The molecule has 0 amide bonds. The average Bonchev–Trinajstić information content (AvgIpc) is 2.63. The number of esters is 1. The van der Waals surface area contributed by atoms with E-state index >= 15 is 0 Å². The van der Waals surface area contributed by atoms with Crippen molar-refractivity contribution >= 4 is 45.0 Å². The fourth-order valence-corrected chi connectivity index (χ4v) is 3.70. The molecule has 1 atom stereocenters. The molecule has 0 aliphatic rings. The van der Waals surface area contributed by atoms with E-state index in [1.54, 1.807) is 23.1 Å². The maximum Gasteiger partial charge on any atom is 0.309 e. The average molecular weight is 309 g/mol. The van der Waals surface area contributed by atoms with Gasteiger partial charge in [-0.3, -0.25) is 4.79 Å². The van der Waals surface area contributed by atoms with Crippen LogP contribution in [0.25, 0.3) is 0 Å². The van der Waals surface area contributed by atoms with Crippen LogP contribution in [0.3, 0.4) is 0 Å². The van der Waals surface area contributed by atoms with Crippen molar-refractivity contribution in [3.63, 3.8) is 0 Å². The highest BCUT2D eigenvalue weighted by Crippen LogP contribution is 2.26. The molecule has 1 heterocycles. The van der Waals surface area contributed by atoms with E-state index in [1.165, 1.54) is 12.0 Å². The van der Waals surface area contributed by atoms with Gasteiger partial charge in [-0.25, -0.2) is 0 Å². The highest BCUT2D eigenvalue weighted by atomic mass is 79.9. The SMILES string of the molecule is COC(=O)C(C)CSCc1ccc(Br)s1. The second-order valence-electron chi connectivity index (χ2n) is 3.15. The van der Waals surface area contributed by atoms with E-state index in [1.807, 2.05) is 13.0 Å². The Bertz CT molecular complexity index is 325. The van der Waals surface area contributed by atoms with Crippen molar-refractivity contribution in [2.45, 2.75) is 12.7 Å². The summed E-state index contributed by atoms with van der Waals surface area (Å²) >= 11 is 6.92. The van der Waals surface area contributed by atoms with Crippen LogP contribution >= 0.6 is 39.0 Å². The Labute approximate surface area is 107 Å². The normalized spacial score (nSPS) is 12.5. The Balaban J connectivity index is 2.24. The Morgan fingerprint density at radius 1 is 1.67 bits per heavy atom. The van der Waals surface area contributed by atoms with E-state index in [4.69, 9.17) is 0 Å². The van der Waals surface area contributed by atoms with Crippen molar-refractivity contribution in [3.8, 4) is 0 Å². The van der Waals surface area contributed by atoms with Crippen LogP contribution in [0.2, 0.25) is 0 Å². The Hall–Kier alpha value is -0.0000000000000000833. The van der Waals surface area contributed by atoms with Gasteiger partial charge in [-0.05, 0) is 28.1 Å². The first-order valence-corrected chi connectivity index (χ1v) is 7.29. The van der Waals surface area contributed by atoms with Gasteiger partial charge in [0.05, 0.1) is 16.8 Å². The van der Waals surface area contributed by atoms with Crippen molar-refractivity contribution in [2.24, 2.45) is 5.92 Å². The third-order valence-electron chi connectivity index (χ3n) is 1.84. The van der Waals surface area contributed by atoms with Crippen molar-refractivity contribution < 1.29 is 9.53 Å². The van der Waals surface area contributed by atoms with Crippen LogP contribution in [0.5, 0.6) is 0 Å².